The maximum atomic E-state index is 11.7. The van der Waals surface area contributed by atoms with Crippen LogP contribution in [0.4, 0.5) is 5.13 Å². The molecule has 2 amide bonds. The quantitative estimate of drug-likeness (QED) is 0.544. The van der Waals surface area contributed by atoms with E-state index in [9.17, 15) is 9.59 Å². The third-order valence-corrected chi connectivity index (χ3v) is 3.48. The van der Waals surface area contributed by atoms with E-state index in [1.54, 1.807) is 19.1 Å². The summed E-state index contributed by atoms with van der Waals surface area (Å²) in [5.74, 6) is -0.339. The van der Waals surface area contributed by atoms with Gasteiger partial charge < -0.3 is 10.4 Å². The summed E-state index contributed by atoms with van der Waals surface area (Å²) in [4.78, 5) is 23.0. The number of carbonyl (C=O) groups excluding carboxylic acids is 2. The van der Waals surface area contributed by atoms with E-state index in [2.05, 4.69) is 26.0 Å². The van der Waals surface area contributed by atoms with Gasteiger partial charge in [0.25, 0.3) is 0 Å². The molecule has 2 aromatic rings. The molecule has 0 aliphatic rings. The van der Waals surface area contributed by atoms with Crippen molar-refractivity contribution in [2.24, 2.45) is 5.10 Å². The zero-order valence-corrected chi connectivity index (χ0v) is 13.1. The van der Waals surface area contributed by atoms with E-state index in [4.69, 9.17) is 5.11 Å². The van der Waals surface area contributed by atoms with Gasteiger partial charge in [0.1, 0.15) is 10.8 Å². The van der Waals surface area contributed by atoms with Crippen molar-refractivity contribution in [2.45, 2.75) is 19.8 Å². The first-order valence-electron chi connectivity index (χ1n) is 6.80. The van der Waals surface area contributed by atoms with Gasteiger partial charge in [-0.3, -0.25) is 9.59 Å². The van der Waals surface area contributed by atoms with Crippen LogP contribution in [0.5, 0.6) is 5.75 Å². The number of nitrogens with zero attached hydrogens (tertiary/aromatic N) is 3. The number of rotatable bonds is 6. The highest BCUT2D eigenvalue weighted by molar-refractivity contribution is 7.15. The fraction of sp³-hybridized carbons (Fsp3) is 0.214. The van der Waals surface area contributed by atoms with E-state index in [-0.39, 0.29) is 24.0 Å². The first kappa shape index (κ1) is 16.6. The molecule has 9 heteroatoms. The lowest BCUT2D eigenvalue weighted by molar-refractivity contribution is -0.120. The fourth-order valence-electron chi connectivity index (χ4n) is 1.50. The SMILES string of the molecule is CCC(=O)Nc1nnc(CC(=O)N/N=C\c2ccc(O)cc2)s1. The first-order valence-corrected chi connectivity index (χ1v) is 7.61. The van der Waals surface area contributed by atoms with Crippen LogP contribution < -0.4 is 10.7 Å². The zero-order valence-electron chi connectivity index (χ0n) is 12.3. The molecule has 0 atom stereocenters. The number of hydrogen-bond donors (Lipinski definition) is 3. The van der Waals surface area contributed by atoms with Crippen molar-refractivity contribution < 1.29 is 14.7 Å². The Labute approximate surface area is 136 Å². The molecule has 0 aliphatic carbocycles. The lowest BCUT2D eigenvalue weighted by Crippen LogP contribution is -2.19. The summed E-state index contributed by atoms with van der Waals surface area (Å²) in [6, 6.07) is 6.38. The van der Waals surface area contributed by atoms with Crippen LogP contribution in [0.25, 0.3) is 0 Å². The second-order valence-corrected chi connectivity index (χ2v) is 5.53. The van der Waals surface area contributed by atoms with Crippen molar-refractivity contribution in [3.8, 4) is 5.75 Å². The van der Waals surface area contributed by atoms with Gasteiger partial charge in [-0.05, 0) is 29.8 Å². The number of aromatic hydroxyl groups is 1. The summed E-state index contributed by atoms with van der Waals surface area (Å²) >= 11 is 1.14. The second kappa shape index (κ2) is 7.99. The Morgan fingerprint density at radius 2 is 2.00 bits per heavy atom. The molecule has 1 heterocycles. The number of phenolic OH excluding ortho intramolecular Hbond substituents is 1. The van der Waals surface area contributed by atoms with Crippen molar-refractivity contribution in [3.63, 3.8) is 0 Å². The summed E-state index contributed by atoms with van der Waals surface area (Å²) in [6.07, 6.45) is 1.83. The van der Waals surface area contributed by atoms with Crippen LogP contribution >= 0.6 is 11.3 Å². The van der Waals surface area contributed by atoms with E-state index < -0.39 is 0 Å². The van der Waals surface area contributed by atoms with E-state index in [0.29, 0.717) is 16.6 Å². The molecule has 3 N–H and O–H groups in total. The van der Waals surface area contributed by atoms with Crippen molar-refractivity contribution >= 4 is 34.5 Å². The van der Waals surface area contributed by atoms with Crippen LogP contribution in [0, 0.1) is 0 Å². The van der Waals surface area contributed by atoms with Gasteiger partial charge in [0.15, 0.2) is 0 Å². The van der Waals surface area contributed by atoms with Crippen molar-refractivity contribution in [1.29, 1.82) is 0 Å². The largest absolute Gasteiger partial charge is 0.508 e. The first-order chi connectivity index (χ1) is 11.1. The maximum absolute atomic E-state index is 11.7. The fourth-order valence-corrected chi connectivity index (χ4v) is 2.25. The Hall–Kier alpha value is -2.81. The number of aromatic nitrogens is 2. The Kier molecular flexibility index (Phi) is 5.75. The predicted molar refractivity (Wildman–Crippen MR) is 86.4 cm³/mol. The number of benzene rings is 1. The standard InChI is InChI=1S/C14H15N5O3S/c1-2-11(21)16-14-19-18-13(23-14)7-12(22)17-15-8-9-3-5-10(20)6-4-9/h3-6,8,20H,2,7H2,1H3,(H,17,22)(H,16,19,21)/b15-8-. The number of hydrogen-bond acceptors (Lipinski definition) is 7. The summed E-state index contributed by atoms with van der Waals surface area (Å²) in [6.45, 7) is 1.73. The molecule has 0 aliphatic heterocycles. The highest BCUT2D eigenvalue weighted by Gasteiger charge is 2.10. The van der Waals surface area contributed by atoms with E-state index in [1.165, 1.54) is 18.3 Å². The zero-order chi connectivity index (χ0) is 16.7. The second-order valence-electron chi connectivity index (χ2n) is 4.46. The predicted octanol–water partition coefficient (Wildman–Crippen LogP) is 1.28. The van der Waals surface area contributed by atoms with Gasteiger partial charge in [0, 0.05) is 6.42 Å². The molecule has 1 aromatic carbocycles. The van der Waals surface area contributed by atoms with E-state index >= 15 is 0 Å². The minimum absolute atomic E-state index is 0.0204. The van der Waals surface area contributed by atoms with Gasteiger partial charge >= 0.3 is 0 Å². The van der Waals surface area contributed by atoms with Crippen LogP contribution in [-0.4, -0.2) is 33.3 Å². The van der Waals surface area contributed by atoms with Crippen molar-refractivity contribution in [3.05, 3.63) is 34.8 Å². The monoisotopic (exact) mass is 333 g/mol. The van der Waals surface area contributed by atoms with Gasteiger partial charge in [0.05, 0.1) is 12.6 Å². The lowest BCUT2D eigenvalue weighted by atomic mass is 10.2. The number of phenols is 1. The van der Waals surface area contributed by atoms with Gasteiger partial charge in [-0.15, -0.1) is 10.2 Å². The molecular formula is C14H15N5O3S. The summed E-state index contributed by atoms with van der Waals surface area (Å²) < 4.78 is 0. The Morgan fingerprint density at radius 3 is 2.70 bits per heavy atom. The molecule has 0 bridgehead atoms. The molecule has 0 unspecified atom stereocenters. The van der Waals surface area contributed by atoms with Gasteiger partial charge in [-0.1, -0.05) is 18.3 Å². The third-order valence-electron chi connectivity index (χ3n) is 2.64. The molecule has 0 fully saturated rings. The van der Waals surface area contributed by atoms with Crippen LogP contribution in [0.1, 0.15) is 23.9 Å². The van der Waals surface area contributed by atoms with Gasteiger partial charge in [0.2, 0.25) is 16.9 Å². The Balaban J connectivity index is 1.82. The molecule has 120 valence electrons. The minimum atomic E-state index is -0.343. The number of hydrazone groups is 1. The summed E-state index contributed by atoms with van der Waals surface area (Å²) in [7, 11) is 0. The van der Waals surface area contributed by atoms with Crippen molar-refractivity contribution in [2.75, 3.05) is 5.32 Å². The highest BCUT2D eigenvalue weighted by atomic mass is 32.1. The lowest BCUT2D eigenvalue weighted by Gasteiger charge is -1.97. The molecule has 0 saturated heterocycles. The van der Waals surface area contributed by atoms with Crippen molar-refractivity contribution in [1.82, 2.24) is 15.6 Å². The summed E-state index contributed by atoms with van der Waals surface area (Å²) in [5, 5.41) is 24.0. The third kappa shape index (κ3) is 5.47. The van der Waals surface area contributed by atoms with Crippen LogP contribution in [0.15, 0.2) is 29.4 Å². The van der Waals surface area contributed by atoms with Crippen LogP contribution in [0.3, 0.4) is 0 Å². The molecule has 2 rings (SSSR count). The average Bonchev–Trinajstić information content (AvgIpc) is 2.96. The topological polar surface area (TPSA) is 117 Å². The van der Waals surface area contributed by atoms with E-state index in [0.717, 1.165) is 16.9 Å². The number of nitrogens with one attached hydrogen (secondary N) is 2. The Bertz CT molecular complexity index is 711. The average molecular weight is 333 g/mol. The molecule has 0 saturated carbocycles. The van der Waals surface area contributed by atoms with Crippen LogP contribution in [-0.2, 0) is 16.0 Å². The number of amides is 2. The molecule has 1 aromatic heterocycles. The minimum Gasteiger partial charge on any atom is -0.508 e. The Morgan fingerprint density at radius 1 is 1.26 bits per heavy atom. The van der Waals surface area contributed by atoms with E-state index in [1.807, 2.05) is 0 Å². The normalized spacial score (nSPS) is 10.7. The smallest absolute Gasteiger partial charge is 0.247 e. The summed E-state index contributed by atoms with van der Waals surface area (Å²) in [5.41, 5.74) is 3.11. The molecule has 23 heavy (non-hydrogen) atoms. The molecular weight excluding hydrogens is 318 g/mol. The molecule has 0 radical (unpaired) electrons. The molecule has 0 spiro atoms. The highest BCUT2D eigenvalue weighted by Crippen LogP contribution is 2.15. The number of anilines is 1. The van der Waals surface area contributed by atoms with Crippen LogP contribution in [0.2, 0.25) is 0 Å². The maximum Gasteiger partial charge on any atom is 0.247 e. The van der Waals surface area contributed by atoms with Gasteiger partial charge in [-0.2, -0.15) is 5.10 Å². The van der Waals surface area contributed by atoms with Gasteiger partial charge in [-0.25, -0.2) is 5.43 Å². The number of carbonyl (C=O) groups is 2. The molecule has 8 nitrogen and oxygen atoms in total.